The number of ether oxygens (including phenoxy) is 2. The summed E-state index contributed by atoms with van der Waals surface area (Å²) in [7, 11) is 0. The number of hydrogen-bond acceptors (Lipinski definition) is 9. The highest BCUT2D eigenvalue weighted by Crippen LogP contribution is 2.69. The maximum Gasteiger partial charge on any atom is 0.418 e. The maximum absolute atomic E-state index is 14.2. The van der Waals surface area contributed by atoms with Crippen LogP contribution < -0.4 is 19.8 Å². The largest absolute Gasteiger partial charge is 0.483 e. The summed E-state index contributed by atoms with van der Waals surface area (Å²) in [5.41, 5.74) is -0.194. The molecule has 1 saturated heterocycles. The third-order valence-corrected chi connectivity index (χ3v) is 13.4. The van der Waals surface area contributed by atoms with E-state index in [2.05, 4.69) is 10.3 Å². The van der Waals surface area contributed by atoms with Crippen molar-refractivity contribution in [2.24, 2.45) is 29.6 Å². The first-order valence-corrected chi connectivity index (χ1v) is 18.9. The molecule has 2 N–H and O–H groups in total. The molecule has 0 radical (unpaired) electrons. The minimum atomic E-state index is -4.68. The number of fused-ring (bicyclic) bond motifs is 9. The standard InChI is InChI=1S/C37H29ClF3N3O7S2/c1-2-50-35(48)16-7-10-18(11-8-16)44-33(46)28-20-14-21(29(28)34(44)47)30-27(20)26(31-32(52-30)43-36(49)53-31)19-13-17(38)9-12-24(19)51-15-25(45)42-23-6-4-3-5-22(23)37(39,40)41/h3-13,20-21,26-30H,2,14-15H2,1H3,(H,42,45)(H,43,49)/t20-,21-,26-,27?,28?,29?,30?/m1/s1. The minimum absolute atomic E-state index is 0.166. The summed E-state index contributed by atoms with van der Waals surface area (Å²) in [6.07, 6.45) is -4.07. The van der Waals surface area contributed by atoms with Crippen LogP contribution in [0.2, 0.25) is 5.02 Å². The van der Waals surface area contributed by atoms with Crippen LogP contribution in [-0.4, -0.2) is 47.1 Å². The smallest absolute Gasteiger partial charge is 0.418 e. The number of carbonyl (C=O) groups is 4. The van der Waals surface area contributed by atoms with Gasteiger partial charge in [-0.2, -0.15) is 13.2 Å². The number of nitrogens with one attached hydrogen (secondary N) is 2. The lowest BCUT2D eigenvalue weighted by molar-refractivity contribution is -0.137. The fraction of sp³-hybridized carbons (Fsp3) is 0.324. The monoisotopic (exact) mass is 783 g/mol. The number of halogens is 4. The van der Waals surface area contributed by atoms with E-state index < -0.39 is 53.7 Å². The number of amides is 3. The van der Waals surface area contributed by atoms with E-state index in [9.17, 15) is 37.1 Å². The third-order valence-electron chi connectivity index (χ3n) is 10.5. The first kappa shape index (κ1) is 35.4. The van der Waals surface area contributed by atoms with Gasteiger partial charge in [0.05, 0.1) is 46.0 Å². The minimum Gasteiger partial charge on any atom is -0.483 e. The van der Waals surface area contributed by atoms with Crippen molar-refractivity contribution in [1.29, 1.82) is 0 Å². The van der Waals surface area contributed by atoms with Crippen LogP contribution in [0.4, 0.5) is 24.5 Å². The van der Waals surface area contributed by atoms with E-state index in [1.807, 2.05) is 0 Å². The molecule has 2 aliphatic heterocycles. The summed E-state index contributed by atoms with van der Waals surface area (Å²) in [4.78, 5) is 70.8. The molecule has 53 heavy (non-hydrogen) atoms. The zero-order valence-electron chi connectivity index (χ0n) is 27.6. The van der Waals surface area contributed by atoms with Crippen molar-refractivity contribution >= 4 is 69.8 Å². The topological polar surface area (TPSA) is 135 Å². The molecule has 7 atom stereocenters. The van der Waals surface area contributed by atoms with Crippen molar-refractivity contribution in [2.75, 3.05) is 23.4 Å². The molecule has 4 unspecified atom stereocenters. The van der Waals surface area contributed by atoms with E-state index in [1.165, 1.54) is 40.9 Å². The lowest BCUT2D eigenvalue weighted by Gasteiger charge is -2.43. The van der Waals surface area contributed by atoms with Crippen LogP contribution in [-0.2, 0) is 25.3 Å². The van der Waals surface area contributed by atoms with E-state index in [4.69, 9.17) is 21.1 Å². The van der Waals surface area contributed by atoms with Gasteiger partial charge in [-0.25, -0.2) is 4.79 Å². The van der Waals surface area contributed by atoms with Crippen molar-refractivity contribution in [3.05, 3.63) is 103 Å². The fourth-order valence-corrected chi connectivity index (χ4v) is 11.7. The molecule has 16 heteroatoms. The number of carbonyl (C=O) groups excluding carboxylic acids is 4. The van der Waals surface area contributed by atoms with Gasteiger partial charge in [0.25, 0.3) is 5.91 Å². The van der Waals surface area contributed by atoms with Gasteiger partial charge in [-0.05, 0) is 85.7 Å². The Labute approximate surface area is 313 Å². The summed E-state index contributed by atoms with van der Waals surface area (Å²) >= 11 is 9.06. The van der Waals surface area contributed by atoms with Crippen LogP contribution in [0, 0.1) is 29.6 Å². The number of imide groups is 1. The molecule has 274 valence electrons. The Morgan fingerprint density at radius 1 is 1.00 bits per heavy atom. The number of alkyl halides is 3. The number of esters is 1. The highest BCUT2D eigenvalue weighted by molar-refractivity contribution is 8.00. The molecule has 3 amide bonds. The Hall–Kier alpha value is -4.60. The molecule has 3 fully saturated rings. The third kappa shape index (κ3) is 6.02. The number of aromatic amines is 1. The predicted molar refractivity (Wildman–Crippen MR) is 190 cm³/mol. The first-order valence-electron chi connectivity index (χ1n) is 16.8. The number of aromatic nitrogens is 1. The number of thiazole rings is 1. The summed E-state index contributed by atoms with van der Waals surface area (Å²) in [6, 6.07) is 15.6. The maximum atomic E-state index is 14.2. The molecule has 2 saturated carbocycles. The van der Waals surface area contributed by atoms with E-state index >= 15 is 0 Å². The van der Waals surface area contributed by atoms with Crippen molar-refractivity contribution in [2.45, 2.75) is 35.7 Å². The number of hydrogen-bond donors (Lipinski definition) is 2. The highest BCUT2D eigenvalue weighted by Gasteiger charge is 2.70. The number of anilines is 2. The first-order chi connectivity index (χ1) is 25.3. The molecule has 10 nitrogen and oxygen atoms in total. The molecule has 2 bridgehead atoms. The molecule has 4 aromatic rings. The zero-order chi connectivity index (χ0) is 37.3. The normalized spacial score (nSPS) is 25.5. The molecule has 1 aromatic heterocycles. The number of para-hydroxylation sites is 1. The van der Waals surface area contributed by atoms with Crippen molar-refractivity contribution < 1.29 is 41.8 Å². The molecule has 3 aromatic carbocycles. The average molecular weight is 784 g/mol. The Bertz CT molecular complexity index is 2230. The Balaban J connectivity index is 1.10. The van der Waals surface area contributed by atoms with E-state index in [1.54, 1.807) is 37.3 Å². The second-order valence-corrected chi connectivity index (χ2v) is 15.9. The number of nitrogens with zero attached hydrogens (tertiary/aromatic N) is 1. The summed E-state index contributed by atoms with van der Waals surface area (Å²) in [5, 5.41) is 3.11. The number of rotatable bonds is 8. The van der Waals surface area contributed by atoms with Gasteiger partial charge in [0.2, 0.25) is 11.8 Å². The lowest BCUT2D eigenvalue weighted by Crippen LogP contribution is -2.42. The molecule has 4 aliphatic rings. The van der Waals surface area contributed by atoms with E-state index in [0.717, 1.165) is 23.5 Å². The van der Waals surface area contributed by atoms with Crippen molar-refractivity contribution in [3.63, 3.8) is 0 Å². The van der Waals surface area contributed by atoms with Crippen LogP contribution in [0.3, 0.4) is 0 Å². The van der Waals surface area contributed by atoms with Crippen LogP contribution in [0.25, 0.3) is 0 Å². The molecule has 8 rings (SSSR count). The fourth-order valence-electron chi connectivity index (χ4n) is 8.64. The SMILES string of the molecule is CCOC(=O)c1ccc(N2C(=O)C3C(C2=O)[C@@H]2C[C@H]3C3Sc4[nH]c(=O)sc4[C@H](c4cc(Cl)ccc4OCC(=O)Nc4ccccc4C(F)(F)F)C32)cc1. The van der Waals surface area contributed by atoms with Gasteiger partial charge in [-0.15, -0.1) is 11.8 Å². The van der Waals surface area contributed by atoms with Crippen LogP contribution >= 0.6 is 34.7 Å². The second kappa shape index (κ2) is 13.4. The van der Waals surface area contributed by atoms with Gasteiger partial charge < -0.3 is 19.8 Å². The van der Waals surface area contributed by atoms with Crippen LogP contribution in [0.1, 0.15) is 45.6 Å². The lowest BCUT2D eigenvalue weighted by atomic mass is 9.68. The van der Waals surface area contributed by atoms with Gasteiger partial charge >= 0.3 is 17.0 Å². The Morgan fingerprint density at radius 3 is 2.43 bits per heavy atom. The average Bonchev–Trinajstić information content (AvgIpc) is 3.86. The van der Waals surface area contributed by atoms with Crippen LogP contribution in [0.5, 0.6) is 5.75 Å². The summed E-state index contributed by atoms with van der Waals surface area (Å²) in [5.74, 6) is -4.12. The van der Waals surface area contributed by atoms with E-state index in [0.29, 0.717) is 38.2 Å². The summed E-state index contributed by atoms with van der Waals surface area (Å²) in [6.45, 7) is 1.28. The molecular weight excluding hydrogens is 755 g/mol. The van der Waals surface area contributed by atoms with Gasteiger partial charge in [-0.3, -0.25) is 24.1 Å². The van der Waals surface area contributed by atoms with Gasteiger partial charge in [0.15, 0.2) is 6.61 Å². The molecule has 2 aliphatic carbocycles. The second-order valence-electron chi connectivity index (χ2n) is 13.3. The summed E-state index contributed by atoms with van der Waals surface area (Å²) < 4.78 is 51.7. The number of H-pyrrole nitrogens is 1. The van der Waals surface area contributed by atoms with Gasteiger partial charge in [0.1, 0.15) is 5.75 Å². The van der Waals surface area contributed by atoms with E-state index in [-0.39, 0.29) is 52.0 Å². The van der Waals surface area contributed by atoms with Crippen molar-refractivity contribution in [1.82, 2.24) is 4.98 Å². The zero-order valence-corrected chi connectivity index (χ0v) is 30.0. The molecule has 3 heterocycles. The van der Waals surface area contributed by atoms with Crippen LogP contribution in [0.15, 0.2) is 76.6 Å². The Morgan fingerprint density at radius 2 is 1.72 bits per heavy atom. The number of benzene rings is 3. The van der Waals surface area contributed by atoms with Crippen molar-refractivity contribution in [3.8, 4) is 5.75 Å². The molecular formula is C37H29ClF3N3O7S2. The number of thioether (sulfide) groups is 1. The highest BCUT2D eigenvalue weighted by atomic mass is 35.5. The van der Waals surface area contributed by atoms with Gasteiger partial charge in [0, 0.05) is 26.6 Å². The van der Waals surface area contributed by atoms with Gasteiger partial charge in [-0.1, -0.05) is 35.1 Å². The molecule has 0 spiro atoms. The quantitative estimate of drug-likeness (QED) is 0.145. The Kier molecular flexibility index (Phi) is 8.93. The predicted octanol–water partition coefficient (Wildman–Crippen LogP) is 6.98.